The molecule has 1 aromatic carbocycles. The van der Waals surface area contributed by atoms with Crippen molar-refractivity contribution in [1.82, 2.24) is 0 Å². The molecule has 0 N–H and O–H groups in total. The predicted octanol–water partition coefficient (Wildman–Crippen LogP) is 2.05. The molecular weight excluding hydrogens is 178 g/mol. The van der Waals surface area contributed by atoms with Crippen molar-refractivity contribution in [3.8, 4) is 0 Å². The highest BCUT2D eigenvalue weighted by Crippen LogP contribution is 2.04. The molecular formula is C10H7N3O. The van der Waals surface area contributed by atoms with Crippen LogP contribution in [0.2, 0.25) is 0 Å². The van der Waals surface area contributed by atoms with E-state index >= 15 is 0 Å². The van der Waals surface area contributed by atoms with Gasteiger partial charge in [-0.2, -0.15) is 0 Å². The summed E-state index contributed by atoms with van der Waals surface area (Å²) in [6.45, 7) is 0. The lowest BCUT2D eigenvalue weighted by Crippen LogP contribution is -2.02. The second-order valence-corrected chi connectivity index (χ2v) is 2.72. The topological polar surface area (TPSA) is 54.1 Å². The fourth-order valence-electron chi connectivity index (χ4n) is 1.05. The number of benzene rings is 1. The summed E-state index contributed by atoms with van der Waals surface area (Å²) in [5, 5.41) is 10.1. The zero-order valence-electron chi connectivity index (χ0n) is 7.29. The van der Waals surface area contributed by atoms with Crippen molar-refractivity contribution in [1.29, 1.82) is 0 Å². The van der Waals surface area contributed by atoms with Crippen molar-refractivity contribution >= 4 is 17.7 Å². The van der Waals surface area contributed by atoms with E-state index in [1.165, 1.54) is 0 Å². The van der Waals surface area contributed by atoms with E-state index in [0.29, 0.717) is 0 Å². The zero-order chi connectivity index (χ0) is 9.80. The third-order valence-corrected chi connectivity index (χ3v) is 1.74. The highest BCUT2D eigenvalue weighted by atomic mass is 16.2. The number of carbonyl (C=O) groups excluding carboxylic acids is 1. The van der Waals surface area contributed by atoms with Gasteiger partial charge in [0.25, 0.3) is 0 Å². The molecule has 0 aromatic heterocycles. The first kappa shape index (κ1) is 8.50. The van der Waals surface area contributed by atoms with Crippen LogP contribution in [0.25, 0.3) is 6.08 Å². The van der Waals surface area contributed by atoms with Crippen molar-refractivity contribution in [2.45, 2.75) is 0 Å². The summed E-state index contributed by atoms with van der Waals surface area (Å²) < 4.78 is 0. The smallest absolute Gasteiger partial charge is 0.263 e. The number of carbonyl (C=O) groups is 1. The monoisotopic (exact) mass is 185 g/mol. The number of rotatable bonds is 2. The summed E-state index contributed by atoms with van der Waals surface area (Å²) in [4.78, 5) is 11.0. The molecule has 0 bridgehead atoms. The van der Waals surface area contributed by atoms with Crippen LogP contribution in [0.15, 0.2) is 51.8 Å². The van der Waals surface area contributed by atoms with Gasteiger partial charge in [0.05, 0.1) is 0 Å². The van der Waals surface area contributed by atoms with E-state index in [1.807, 2.05) is 30.3 Å². The number of nitrogens with zero attached hydrogens (tertiary/aromatic N) is 3. The van der Waals surface area contributed by atoms with Gasteiger partial charge in [-0.25, -0.2) is 0 Å². The molecule has 4 heteroatoms. The van der Waals surface area contributed by atoms with Crippen LogP contribution in [0, 0.1) is 0 Å². The van der Waals surface area contributed by atoms with Gasteiger partial charge in [-0.3, -0.25) is 4.79 Å². The molecule has 4 nitrogen and oxygen atoms in total. The quantitative estimate of drug-likeness (QED) is 0.695. The second kappa shape index (κ2) is 3.74. The molecule has 0 saturated heterocycles. The lowest BCUT2D eigenvalue weighted by molar-refractivity contribution is -0.111. The first-order valence-electron chi connectivity index (χ1n) is 4.12. The van der Waals surface area contributed by atoms with E-state index in [9.17, 15) is 4.79 Å². The van der Waals surface area contributed by atoms with Gasteiger partial charge in [-0.15, -0.1) is 5.10 Å². The van der Waals surface area contributed by atoms with Crippen LogP contribution in [0.1, 0.15) is 5.56 Å². The van der Waals surface area contributed by atoms with Crippen LogP contribution < -0.4 is 0 Å². The van der Waals surface area contributed by atoms with Gasteiger partial charge in [0.1, 0.15) is 0 Å². The second-order valence-electron chi connectivity index (χ2n) is 2.72. The van der Waals surface area contributed by atoms with E-state index in [4.69, 9.17) is 0 Å². The van der Waals surface area contributed by atoms with Crippen LogP contribution in [-0.4, -0.2) is 11.6 Å². The Balaban J connectivity index is 2.13. The van der Waals surface area contributed by atoms with E-state index in [2.05, 4.69) is 15.4 Å². The van der Waals surface area contributed by atoms with Crippen molar-refractivity contribution < 1.29 is 4.79 Å². The molecule has 1 aliphatic rings. The van der Waals surface area contributed by atoms with Crippen molar-refractivity contribution in [2.24, 2.45) is 15.4 Å². The molecule has 14 heavy (non-hydrogen) atoms. The van der Waals surface area contributed by atoms with Crippen LogP contribution in [-0.2, 0) is 4.79 Å². The van der Waals surface area contributed by atoms with Crippen molar-refractivity contribution in [3.63, 3.8) is 0 Å². The van der Waals surface area contributed by atoms with Gasteiger partial charge in [0, 0.05) is 0 Å². The van der Waals surface area contributed by atoms with E-state index in [1.54, 1.807) is 12.2 Å². The molecule has 1 aliphatic heterocycles. The molecule has 0 saturated carbocycles. The molecule has 0 radical (unpaired) electrons. The molecule has 68 valence electrons. The average Bonchev–Trinajstić information content (AvgIpc) is 2.63. The molecule has 0 unspecified atom stereocenters. The van der Waals surface area contributed by atoms with Gasteiger partial charge in [-0.1, -0.05) is 41.5 Å². The Morgan fingerprint density at radius 3 is 2.50 bits per heavy atom. The van der Waals surface area contributed by atoms with Crippen LogP contribution >= 0.6 is 0 Å². The third kappa shape index (κ3) is 1.80. The van der Waals surface area contributed by atoms with E-state index < -0.39 is 5.91 Å². The summed E-state index contributed by atoms with van der Waals surface area (Å²) in [7, 11) is 0. The Labute approximate surface area is 80.7 Å². The maximum atomic E-state index is 11.0. The Hall–Kier alpha value is -2.10. The Morgan fingerprint density at radius 1 is 1.07 bits per heavy atom. The highest BCUT2D eigenvalue weighted by Gasteiger charge is 2.11. The molecule has 1 amide bonds. The minimum atomic E-state index is -0.391. The SMILES string of the molecule is O=C1N=NN=C1C=Cc1ccccc1. The first-order valence-corrected chi connectivity index (χ1v) is 4.12. The molecule has 2 rings (SSSR count). The normalized spacial score (nSPS) is 15.1. The summed E-state index contributed by atoms with van der Waals surface area (Å²) in [5.74, 6) is -0.391. The Kier molecular flexibility index (Phi) is 2.27. The Bertz CT molecular complexity index is 432. The van der Waals surface area contributed by atoms with E-state index in [0.717, 1.165) is 5.56 Å². The van der Waals surface area contributed by atoms with Gasteiger partial charge in [0.15, 0.2) is 5.71 Å². The fourth-order valence-corrected chi connectivity index (χ4v) is 1.05. The summed E-state index contributed by atoms with van der Waals surface area (Å²) >= 11 is 0. The number of amides is 1. The largest absolute Gasteiger partial charge is 0.317 e. The number of hydrogen-bond acceptors (Lipinski definition) is 3. The van der Waals surface area contributed by atoms with Crippen LogP contribution in [0.3, 0.4) is 0 Å². The third-order valence-electron chi connectivity index (χ3n) is 1.74. The first-order chi connectivity index (χ1) is 6.86. The van der Waals surface area contributed by atoms with Gasteiger partial charge < -0.3 is 0 Å². The minimum absolute atomic E-state index is 0.272. The molecule has 0 fully saturated rings. The van der Waals surface area contributed by atoms with Crippen molar-refractivity contribution in [3.05, 3.63) is 42.0 Å². The zero-order valence-corrected chi connectivity index (χ0v) is 7.29. The summed E-state index contributed by atoms with van der Waals surface area (Å²) in [6, 6.07) is 9.65. The van der Waals surface area contributed by atoms with Crippen molar-refractivity contribution in [2.75, 3.05) is 0 Å². The molecule has 0 aliphatic carbocycles. The highest BCUT2D eigenvalue weighted by molar-refractivity contribution is 6.44. The van der Waals surface area contributed by atoms with Crippen LogP contribution in [0.4, 0.5) is 0 Å². The lowest BCUT2D eigenvalue weighted by atomic mass is 10.2. The predicted molar refractivity (Wildman–Crippen MR) is 52.8 cm³/mol. The van der Waals surface area contributed by atoms with E-state index in [-0.39, 0.29) is 5.71 Å². The van der Waals surface area contributed by atoms with Gasteiger partial charge >= 0.3 is 5.91 Å². The van der Waals surface area contributed by atoms with Gasteiger partial charge in [-0.05, 0) is 16.9 Å². The maximum Gasteiger partial charge on any atom is 0.317 e. The van der Waals surface area contributed by atoms with Gasteiger partial charge in [0.2, 0.25) is 0 Å². The molecule has 0 spiro atoms. The molecule has 0 atom stereocenters. The molecule has 1 aromatic rings. The number of hydrogen-bond donors (Lipinski definition) is 0. The average molecular weight is 185 g/mol. The van der Waals surface area contributed by atoms with Crippen LogP contribution in [0.5, 0.6) is 0 Å². The fraction of sp³-hybridized carbons (Fsp3) is 0. The molecule has 1 heterocycles. The minimum Gasteiger partial charge on any atom is -0.263 e. The lowest BCUT2D eigenvalue weighted by Gasteiger charge is -1.89. The Morgan fingerprint density at radius 2 is 1.86 bits per heavy atom. The summed E-state index contributed by atoms with van der Waals surface area (Å²) in [5.41, 5.74) is 1.28. The standard InChI is InChI=1S/C10H7N3O/c14-10-9(11-13-12-10)7-6-8-4-2-1-3-5-8/h1-7H. The summed E-state index contributed by atoms with van der Waals surface area (Å²) in [6.07, 6.45) is 3.41. The maximum absolute atomic E-state index is 11.0.